The lowest BCUT2D eigenvalue weighted by molar-refractivity contribution is -0.139. The van der Waals surface area contributed by atoms with Crippen LogP contribution in [0.4, 0.5) is 8.78 Å². The third kappa shape index (κ3) is 11.8. The van der Waals surface area contributed by atoms with Crippen LogP contribution < -0.4 is 11.5 Å². The largest absolute Gasteiger partial charge is 0.480 e. The van der Waals surface area contributed by atoms with E-state index in [1.807, 2.05) is 6.07 Å². The summed E-state index contributed by atoms with van der Waals surface area (Å²) in [5.74, 6) is -3.07. The van der Waals surface area contributed by atoms with Gasteiger partial charge in [0.05, 0.1) is 12.7 Å². The molecule has 0 radical (unpaired) electrons. The number of halogens is 2. The lowest BCUT2D eigenvalue weighted by atomic mass is 10.1. The molecule has 0 aliphatic heterocycles. The molecule has 3 rings (SSSR count). The van der Waals surface area contributed by atoms with E-state index in [9.17, 15) is 23.2 Å². The van der Waals surface area contributed by atoms with Crippen LogP contribution in [-0.4, -0.2) is 47.3 Å². The number of benzene rings is 3. The molecule has 3 aromatic rings. The molecule has 36 heavy (non-hydrogen) atoms. The second kappa shape index (κ2) is 15.7. The Morgan fingerprint density at radius 1 is 0.722 bits per heavy atom. The van der Waals surface area contributed by atoms with E-state index in [0.717, 1.165) is 11.1 Å². The summed E-state index contributed by atoms with van der Waals surface area (Å²) >= 11 is 0. The molecular weight excluding hydrogens is 474 g/mol. The van der Waals surface area contributed by atoms with Crippen LogP contribution in [-0.2, 0) is 27.2 Å². The highest BCUT2D eigenvalue weighted by molar-refractivity contribution is 5.89. The van der Waals surface area contributed by atoms with Gasteiger partial charge in [0.25, 0.3) is 0 Å². The zero-order valence-electron chi connectivity index (χ0n) is 19.5. The quantitative estimate of drug-likeness (QED) is 0.360. The van der Waals surface area contributed by atoms with Crippen molar-refractivity contribution in [2.75, 3.05) is 7.11 Å². The summed E-state index contributed by atoms with van der Waals surface area (Å²) < 4.78 is 29.4. The number of carboxylic acid groups (broad SMARTS) is 2. The topological polar surface area (TPSA) is 153 Å². The Balaban J connectivity index is 0.000000273. The Hall–Kier alpha value is -4.15. The molecule has 10 heteroatoms. The minimum absolute atomic E-state index is 0.218. The van der Waals surface area contributed by atoms with Gasteiger partial charge in [-0.2, -0.15) is 0 Å². The number of carboxylic acids is 2. The fraction of sp³-hybridized carbons (Fsp3) is 0.192. The number of hydrogen-bond acceptors (Lipinski definition) is 6. The highest BCUT2D eigenvalue weighted by Gasteiger charge is 2.12. The molecule has 0 aromatic heterocycles. The summed E-state index contributed by atoms with van der Waals surface area (Å²) in [6.07, 6.45) is 0.436. The van der Waals surface area contributed by atoms with Crippen LogP contribution in [0.25, 0.3) is 0 Å². The van der Waals surface area contributed by atoms with E-state index >= 15 is 0 Å². The number of methoxy groups -OCH3 is 1. The summed E-state index contributed by atoms with van der Waals surface area (Å²) in [5.41, 5.74) is 12.6. The van der Waals surface area contributed by atoms with Gasteiger partial charge in [-0.25, -0.2) is 13.6 Å². The first-order chi connectivity index (χ1) is 17.0. The zero-order chi connectivity index (χ0) is 27.1. The number of hydrogen-bond donors (Lipinski definition) is 4. The van der Waals surface area contributed by atoms with E-state index < -0.39 is 24.0 Å². The number of aliphatic carboxylic acids is 2. The van der Waals surface area contributed by atoms with Crippen molar-refractivity contribution in [3.63, 3.8) is 0 Å². The van der Waals surface area contributed by atoms with Gasteiger partial charge >= 0.3 is 17.9 Å². The molecule has 6 N–H and O–H groups in total. The number of carbonyl (C=O) groups is 3. The fourth-order valence-electron chi connectivity index (χ4n) is 2.62. The first-order valence-electron chi connectivity index (χ1n) is 10.6. The smallest absolute Gasteiger partial charge is 0.337 e. The van der Waals surface area contributed by atoms with E-state index in [1.165, 1.54) is 55.6 Å². The van der Waals surface area contributed by atoms with Crippen molar-refractivity contribution < 1.29 is 38.1 Å². The molecule has 0 aliphatic carbocycles. The Bertz CT molecular complexity index is 1030. The highest BCUT2D eigenvalue weighted by atomic mass is 19.1. The average Bonchev–Trinajstić information content (AvgIpc) is 2.87. The average molecular weight is 503 g/mol. The van der Waals surface area contributed by atoms with Gasteiger partial charge in [-0.05, 0) is 60.4 Å². The molecule has 0 saturated heterocycles. The maximum atomic E-state index is 12.4. The van der Waals surface area contributed by atoms with Crippen LogP contribution in [0.5, 0.6) is 0 Å². The van der Waals surface area contributed by atoms with E-state index in [0.29, 0.717) is 5.56 Å². The van der Waals surface area contributed by atoms with Crippen LogP contribution in [0.15, 0.2) is 78.9 Å². The number of rotatable bonds is 7. The third-order valence-corrected chi connectivity index (χ3v) is 4.57. The van der Waals surface area contributed by atoms with Gasteiger partial charge in [-0.15, -0.1) is 0 Å². The summed E-state index contributed by atoms with van der Waals surface area (Å²) in [6, 6.07) is 18.3. The second-order valence-corrected chi connectivity index (χ2v) is 7.41. The molecule has 0 bridgehead atoms. The Morgan fingerprint density at radius 2 is 1.08 bits per heavy atom. The molecule has 0 aliphatic rings. The number of esters is 1. The van der Waals surface area contributed by atoms with Gasteiger partial charge in [0.2, 0.25) is 0 Å². The molecule has 0 amide bonds. The summed E-state index contributed by atoms with van der Waals surface area (Å²) in [4.78, 5) is 31.5. The van der Waals surface area contributed by atoms with Gasteiger partial charge in [-0.3, -0.25) is 9.59 Å². The normalized spacial score (nSPS) is 11.5. The molecule has 8 nitrogen and oxygen atoms in total. The first kappa shape index (κ1) is 29.9. The fourth-order valence-corrected chi connectivity index (χ4v) is 2.62. The van der Waals surface area contributed by atoms with Crippen LogP contribution in [0.1, 0.15) is 21.5 Å². The SMILES string of the molecule is COC(=O)c1ccccc1.NC(Cc1ccc(F)cc1)C(=O)O.N[C@H](Cc1ccc(F)cc1)C(=O)O. The minimum atomic E-state index is -1.05. The van der Waals surface area contributed by atoms with Gasteiger partial charge in [0.15, 0.2) is 0 Å². The number of nitrogens with two attached hydrogens (primary N) is 2. The molecule has 0 heterocycles. The van der Waals surface area contributed by atoms with Crippen LogP contribution in [0, 0.1) is 11.6 Å². The highest BCUT2D eigenvalue weighted by Crippen LogP contribution is 2.06. The van der Waals surface area contributed by atoms with E-state index in [4.69, 9.17) is 21.7 Å². The van der Waals surface area contributed by atoms with Crippen LogP contribution in [0.2, 0.25) is 0 Å². The van der Waals surface area contributed by atoms with Crippen molar-refractivity contribution in [2.45, 2.75) is 24.9 Å². The van der Waals surface area contributed by atoms with Gasteiger partial charge in [0.1, 0.15) is 23.7 Å². The number of carbonyl (C=O) groups excluding carboxylic acids is 1. The van der Waals surface area contributed by atoms with Crippen molar-refractivity contribution in [3.8, 4) is 0 Å². The molecule has 0 fully saturated rings. The van der Waals surface area contributed by atoms with E-state index in [1.54, 1.807) is 24.3 Å². The molecule has 3 aromatic carbocycles. The Morgan fingerprint density at radius 3 is 1.39 bits per heavy atom. The van der Waals surface area contributed by atoms with Gasteiger partial charge in [0, 0.05) is 0 Å². The first-order valence-corrected chi connectivity index (χ1v) is 10.6. The lowest BCUT2D eigenvalue weighted by Crippen LogP contribution is -2.32. The lowest BCUT2D eigenvalue weighted by Gasteiger charge is -2.05. The van der Waals surface area contributed by atoms with Crippen molar-refractivity contribution in [1.82, 2.24) is 0 Å². The van der Waals surface area contributed by atoms with Crippen molar-refractivity contribution in [2.24, 2.45) is 11.5 Å². The standard InChI is InChI=1S/2C9H10FNO2.C8H8O2/c2*10-7-3-1-6(2-4-7)5-8(11)9(12)13;1-10-8(9)7-5-3-2-4-6-7/h2*1-4,8H,5,11H2,(H,12,13);2-6H,1H3/t8-;;/m1../s1. The summed E-state index contributed by atoms with van der Waals surface area (Å²) in [5, 5.41) is 17.0. The molecule has 0 spiro atoms. The maximum absolute atomic E-state index is 12.4. The second-order valence-electron chi connectivity index (χ2n) is 7.41. The van der Waals surface area contributed by atoms with Crippen LogP contribution in [0.3, 0.4) is 0 Å². The predicted octanol–water partition coefficient (Wildman–Crippen LogP) is 3.03. The Labute approximate surface area is 207 Å². The Kier molecular flexibility index (Phi) is 13.0. The van der Waals surface area contributed by atoms with E-state index in [-0.39, 0.29) is 30.4 Å². The molecule has 0 saturated carbocycles. The van der Waals surface area contributed by atoms with Crippen molar-refractivity contribution in [3.05, 3.63) is 107 Å². The van der Waals surface area contributed by atoms with Gasteiger partial charge in [-0.1, -0.05) is 42.5 Å². The third-order valence-electron chi connectivity index (χ3n) is 4.57. The molecule has 2 atom stereocenters. The van der Waals surface area contributed by atoms with E-state index in [2.05, 4.69) is 4.74 Å². The van der Waals surface area contributed by atoms with Gasteiger partial charge < -0.3 is 26.4 Å². The summed E-state index contributed by atoms with van der Waals surface area (Å²) in [7, 11) is 1.37. The molecule has 1 unspecified atom stereocenters. The molecular formula is C26H28F2N2O6. The number of ether oxygens (including phenoxy) is 1. The summed E-state index contributed by atoms with van der Waals surface area (Å²) in [6.45, 7) is 0. The predicted molar refractivity (Wildman–Crippen MR) is 129 cm³/mol. The minimum Gasteiger partial charge on any atom is -0.480 e. The zero-order valence-corrected chi connectivity index (χ0v) is 19.5. The monoisotopic (exact) mass is 502 g/mol. The molecule has 192 valence electrons. The van der Waals surface area contributed by atoms with Crippen LogP contribution >= 0.6 is 0 Å². The maximum Gasteiger partial charge on any atom is 0.337 e. The van der Waals surface area contributed by atoms with Crippen molar-refractivity contribution >= 4 is 17.9 Å². The van der Waals surface area contributed by atoms with Crippen molar-refractivity contribution in [1.29, 1.82) is 0 Å².